The van der Waals surface area contributed by atoms with Crippen molar-refractivity contribution >= 4 is 51.8 Å². The first-order valence-corrected chi connectivity index (χ1v) is 42.2. The third-order valence-corrected chi connectivity index (χ3v) is 15.6. The van der Waals surface area contributed by atoms with Gasteiger partial charge in [-0.2, -0.15) is 0 Å². The molecule has 1 aliphatic rings. The van der Waals surface area contributed by atoms with E-state index in [0.29, 0.717) is 39.0 Å². The monoisotopic (exact) mass is 1400 g/mol. The van der Waals surface area contributed by atoms with E-state index in [0.717, 1.165) is 48.3 Å². The van der Waals surface area contributed by atoms with E-state index < -0.39 is 16.1 Å². The first-order chi connectivity index (χ1) is 45.5. The number of esters is 5. The highest BCUT2D eigenvalue weighted by molar-refractivity contribution is 6.76. The number of aliphatic hydroxyl groups excluding tert-OH is 1. The van der Waals surface area contributed by atoms with Gasteiger partial charge in [0.15, 0.2) is 0 Å². The van der Waals surface area contributed by atoms with Crippen molar-refractivity contribution in [1.82, 2.24) is 0 Å². The molecule has 6 rings (SSSR count). The molecule has 1 N–H and O–H groups in total. The molecule has 0 saturated carbocycles. The van der Waals surface area contributed by atoms with Crippen LogP contribution in [0, 0.1) is 17.8 Å². The third-order valence-electron chi connectivity index (χ3n) is 11.9. The predicted octanol–water partition coefficient (Wildman–Crippen LogP) is 22.8. The largest absolute Gasteiger partial charge is 0.466 e. The number of hydrogen-bond donors (Lipinski definition) is 1. The predicted molar refractivity (Wildman–Crippen MR) is 427 cm³/mol. The Morgan fingerprint density at radius 1 is 0.459 bits per heavy atom. The second kappa shape index (κ2) is 71.3. The van der Waals surface area contributed by atoms with Crippen molar-refractivity contribution in [3.05, 3.63) is 192 Å². The zero-order valence-electron chi connectivity index (χ0n) is 66.0. The van der Waals surface area contributed by atoms with Crippen LogP contribution >= 0.6 is 0 Å². The molecule has 0 aliphatic heterocycles. The summed E-state index contributed by atoms with van der Waals surface area (Å²) in [6.07, 6.45) is 7.99. The Morgan fingerprint density at radius 3 is 1.06 bits per heavy atom. The lowest BCUT2D eigenvalue weighted by Crippen LogP contribution is -2.22. The average molecular weight is 1400 g/mol. The highest BCUT2D eigenvalue weighted by atomic mass is 28.3. The minimum absolute atomic E-state index is 0. The Morgan fingerprint density at radius 2 is 0.806 bits per heavy atom. The SMILES string of the molecule is C.C=CCC.C=CCOC(C)=O.CC.CC.CC(=O)OCC(C)C.CC(=O)OCC1c2ccccc2-c2ccccc21.CC(=O)OCC[Si](C)(C)C.CC(=O)OCc1ccccc1.CC(C)=O.CC(C)C[Si](C)(C)C.CCC(C)C.CCc1ccc(CO)cc1.CCc1ccccc1. The summed E-state index contributed by atoms with van der Waals surface area (Å²) in [4.78, 5) is 61.2. The number of allylic oxidation sites excluding steroid dienone is 1. The fourth-order valence-corrected chi connectivity index (χ4v) is 10.3. The number of carbonyl (C=O) groups is 6. The summed E-state index contributed by atoms with van der Waals surface area (Å²) in [6.45, 7) is 63.0. The topological polar surface area (TPSA) is 169 Å². The molecule has 0 atom stereocenters. The molecular formula is C84H142O12Si2. The van der Waals surface area contributed by atoms with Gasteiger partial charge in [0.1, 0.15) is 25.6 Å². The third kappa shape index (κ3) is 79.7. The molecule has 0 fully saturated rings. The van der Waals surface area contributed by atoms with Crippen molar-refractivity contribution in [3.63, 3.8) is 0 Å². The van der Waals surface area contributed by atoms with E-state index in [-0.39, 0.29) is 55.6 Å². The quantitative estimate of drug-likeness (QED) is 0.0382. The number of aliphatic hydroxyl groups is 1. The fraction of sp³-hybridized carbons (Fsp3) is 0.524. The molecule has 0 bridgehead atoms. The molecule has 1 aliphatic carbocycles. The molecule has 0 heterocycles. The van der Waals surface area contributed by atoms with Crippen molar-refractivity contribution in [1.29, 1.82) is 0 Å². The van der Waals surface area contributed by atoms with Gasteiger partial charge < -0.3 is 33.6 Å². The van der Waals surface area contributed by atoms with Gasteiger partial charge in [0.25, 0.3) is 0 Å². The van der Waals surface area contributed by atoms with Gasteiger partial charge in [-0.05, 0) is 101 Å². The summed E-state index contributed by atoms with van der Waals surface area (Å²) in [5, 5.41) is 8.70. The molecule has 0 unspecified atom stereocenters. The zero-order chi connectivity index (χ0) is 76.4. The van der Waals surface area contributed by atoms with E-state index in [4.69, 9.17) is 19.3 Å². The number of benzene rings is 5. The lowest BCUT2D eigenvalue weighted by molar-refractivity contribution is -0.143. The van der Waals surface area contributed by atoms with Crippen LogP contribution in [0.1, 0.15) is 205 Å². The maximum atomic E-state index is 11.0. The van der Waals surface area contributed by atoms with Gasteiger partial charge in [0.05, 0.1) is 19.8 Å². The van der Waals surface area contributed by atoms with Crippen LogP contribution in [0.15, 0.2) is 159 Å². The molecular weight excluding hydrogens is 1260 g/mol. The first kappa shape index (κ1) is 107. The van der Waals surface area contributed by atoms with Crippen molar-refractivity contribution in [3.8, 4) is 11.1 Å². The molecule has 5 aromatic rings. The molecule has 14 heteroatoms. The van der Waals surface area contributed by atoms with Crippen molar-refractivity contribution < 1.29 is 57.6 Å². The number of ether oxygens (including phenoxy) is 5. The van der Waals surface area contributed by atoms with Crippen molar-refractivity contribution in [2.45, 2.75) is 249 Å². The Labute approximate surface area is 602 Å². The van der Waals surface area contributed by atoms with E-state index in [1.54, 1.807) is 0 Å². The van der Waals surface area contributed by atoms with E-state index in [1.165, 1.54) is 100 Å². The van der Waals surface area contributed by atoms with Crippen molar-refractivity contribution in [2.24, 2.45) is 17.8 Å². The number of carbonyl (C=O) groups excluding carboxylic acids is 6. The minimum Gasteiger partial charge on any atom is -0.466 e. The lowest BCUT2D eigenvalue weighted by atomic mass is 9.98. The standard InChI is InChI=1S/C16H14O2.C9H10O2.C9H12O.C8H10.C7H16O2Si.C7H18Si.C6H12O2.C5H8O2.C5H12.C4H8.C3H6O.2C2H6.CH4/c1-11(17)18-10-16-14-8-4-2-6-12(14)13-7-3-5-9-15(13)16;1-8(10)11-7-9-5-3-2-4-6-9;1-2-8-3-5-9(7-10)6-4-8;1-2-8-6-4-3-5-7-8;1-7(8)9-5-6-10(2,3)4;1-7(2)6-8(3,4)5;1-5(2)4-8-6(3)7;1-3-4-7-5(2)6;1-4-5(2)3;1-3-4-2;1-3(2)4;2*1-2;/h2-9,16H,10H2,1H3;2-6H,7H2,1H3;3-6,10H,2,7H2,1H3;3-7H,2H2,1H3;5-6H2,1-4H3;7H,6H2,1-5H3;5H,4H2,1-3H3;3H,1,4H2,2H3;5H,4H2,1-3H3;3H,1,4H2,2H3;1-2H3;2*1-2H3;1H4. The molecule has 0 radical (unpaired) electrons. The highest BCUT2D eigenvalue weighted by Crippen LogP contribution is 2.44. The normalized spacial score (nSPS) is 9.79. The smallest absolute Gasteiger partial charge is 0.302 e. The Bertz CT molecular complexity index is 2620. The van der Waals surface area contributed by atoms with Gasteiger partial charge in [0.2, 0.25) is 0 Å². The Hall–Kier alpha value is -7.01. The van der Waals surface area contributed by atoms with Crippen LogP contribution < -0.4 is 0 Å². The number of Topliss-reactive ketones (excluding diaryl/α,β-unsaturated/α-hetero) is 1. The summed E-state index contributed by atoms with van der Waals surface area (Å²) in [5.41, 5.74) is 9.74. The Kier molecular flexibility index (Phi) is 77.8. The van der Waals surface area contributed by atoms with Crippen LogP contribution in [0.3, 0.4) is 0 Å². The second-order valence-electron chi connectivity index (χ2n) is 25.5. The molecule has 0 amide bonds. The number of rotatable bonds is 18. The molecule has 0 saturated heterocycles. The van der Waals surface area contributed by atoms with Gasteiger partial charge in [0, 0.05) is 56.7 Å². The van der Waals surface area contributed by atoms with E-state index in [2.05, 4.69) is 166 Å². The van der Waals surface area contributed by atoms with Crippen LogP contribution in [0.4, 0.5) is 0 Å². The average Bonchev–Trinajstić information content (AvgIpc) is 1.62. The van der Waals surface area contributed by atoms with Crippen LogP contribution in [0.25, 0.3) is 11.1 Å². The van der Waals surface area contributed by atoms with Gasteiger partial charge in [-0.1, -0.05) is 308 Å². The Balaban J connectivity index is -0.000000155. The van der Waals surface area contributed by atoms with Gasteiger partial charge >= 0.3 is 29.8 Å². The highest BCUT2D eigenvalue weighted by Gasteiger charge is 2.28. The molecule has 0 spiro atoms. The molecule has 558 valence electrons. The molecule has 12 nitrogen and oxygen atoms in total. The maximum absolute atomic E-state index is 11.0. The summed E-state index contributed by atoms with van der Waals surface area (Å²) < 4.78 is 23.9. The van der Waals surface area contributed by atoms with Gasteiger partial charge in [-0.25, -0.2) is 0 Å². The molecule has 98 heavy (non-hydrogen) atoms. The molecule has 5 aromatic carbocycles. The number of ketones is 1. The van der Waals surface area contributed by atoms with Gasteiger partial charge in [-0.15, -0.1) is 6.58 Å². The summed E-state index contributed by atoms with van der Waals surface area (Å²) in [5.74, 6) is 1.47. The van der Waals surface area contributed by atoms with Crippen molar-refractivity contribution in [2.75, 3.05) is 26.4 Å². The minimum atomic E-state index is -1.00. The van der Waals surface area contributed by atoms with Crippen LogP contribution in [0.5, 0.6) is 0 Å². The lowest BCUT2D eigenvalue weighted by Gasteiger charge is -2.17. The first-order valence-electron chi connectivity index (χ1n) is 34.8. The van der Waals surface area contributed by atoms with Crippen LogP contribution in [-0.4, -0.2) is 83.3 Å². The van der Waals surface area contributed by atoms with Gasteiger partial charge in [-0.3, -0.25) is 24.0 Å². The van der Waals surface area contributed by atoms with E-state index >= 15 is 0 Å². The maximum Gasteiger partial charge on any atom is 0.302 e. The second-order valence-corrected chi connectivity index (χ2v) is 36.6. The summed E-state index contributed by atoms with van der Waals surface area (Å²) in [6, 6.07) is 47.2. The summed E-state index contributed by atoms with van der Waals surface area (Å²) >= 11 is 0. The molecule has 0 aromatic heterocycles. The van der Waals surface area contributed by atoms with E-state index in [1.807, 2.05) is 133 Å². The number of fused-ring (bicyclic) bond motifs is 3. The zero-order valence-corrected chi connectivity index (χ0v) is 68.0. The van der Waals surface area contributed by atoms with Crippen LogP contribution in [0.2, 0.25) is 51.4 Å². The number of hydrogen-bond acceptors (Lipinski definition) is 12. The summed E-state index contributed by atoms with van der Waals surface area (Å²) in [7, 11) is -1.72. The number of aryl methyl sites for hydroxylation is 2. The van der Waals surface area contributed by atoms with E-state index in [9.17, 15) is 28.8 Å². The van der Waals surface area contributed by atoms with Crippen LogP contribution in [-0.2, 0) is 78.5 Å². The fourth-order valence-electron chi connectivity index (χ4n) is 7.18.